The van der Waals surface area contributed by atoms with Gasteiger partial charge in [0, 0.05) is 38.5 Å². The van der Waals surface area contributed by atoms with Gasteiger partial charge in [0.05, 0.1) is 0 Å². The van der Waals surface area contributed by atoms with E-state index >= 15 is 0 Å². The maximum Gasteiger partial charge on any atom is 0.326 e. The summed E-state index contributed by atoms with van der Waals surface area (Å²) in [7, 11) is 0. The molecule has 3 amide bonds. The van der Waals surface area contributed by atoms with Crippen LogP contribution in [0.4, 0.5) is 0 Å². The lowest BCUT2D eigenvalue weighted by Gasteiger charge is -2.18. The van der Waals surface area contributed by atoms with E-state index in [-0.39, 0.29) is 44.3 Å². The third-order valence-electron chi connectivity index (χ3n) is 8.51. The number of carboxylic acid groups (broad SMARTS) is 4. The van der Waals surface area contributed by atoms with Gasteiger partial charge >= 0.3 is 23.9 Å². The molecule has 0 unspecified atom stereocenters. The maximum absolute atomic E-state index is 12.4. The van der Waals surface area contributed by atoms with Crippen molar-refractivity contribution in [3.8, 4) is 0 Å². The predicted octanol–water partition coefficient (Wildman–Crippen LogP) is 4.73. The van der Waals surface area contributed by atoms with Crippen molar-refractivity contribution in [3.05, 3.63) is 0 Å². The third-order valence-corrected chi connectivity index (χ3v) is 8.51. The zero-order valence-electron chi connectivity index (χ0n) is 30.3. The minimum absolute atomic E-state index is 0.0265. The Labute approximate surface area is 301 Å². The number of rotatable bonds is 34. The highest BCUT2D eigenvalue weighted by atomic mass is 16.4. The Morgan fingerprint density at radius 1 is 0.392 bits per heavy atom. The highest BCUT2D eigenvalue weighted by Gasteiger charge is 2.26. The summed E-state index contributed by atoms with van der Waals surface area (Å²) in [5.74, 6) is -6.96. The van der Waals surface area contributed by atoms with Crippen molar-refractivity contribution < 1.29 is 58.8 Å². The Balaban J connectivity index is 4.27. The fraction of sp³-hybridized carbons (Fsp3) is 0.778. The van der Waals surface area contributed by atoms with E-state index in [1.54, 1.807) is 0 Å². The van der Waals surface area contributed by atoms with Gasteiger partial charge in [-0.3, -0.25) is 24.0 Å². The Hall–Kier alpha value is -4.04. The molecule has 0 aromatic heterocycles. The first-order valence-corrected chi connectivity index (χ1v) is 18.6. The fourth-order valence-electron chi connectivity index (χ4n) is 5.51. The number of hydrogen-bond acceptors (Lipinski definition) is 8. The van der Waals surface area contributed by atoms with Crippen molar-refractivity contribution >= 4 is 47.4 Å². The zero-order valence-corrected chi connectivity index (χ0v) is 30.3. The first-order chi connectivity index (χ1) is 24.3. The van der Waals surface area contributed by atoms with E-state index in [1.165, 1.54) is 25.7 Å². The van der Waals surface area contributed by atoms with Gasteiger partial charge in [0.15, 0.2) is 0 Å². The molecule has 0 heterocycles. The summed E-state index contributed by atoms with van der Waals surface area (Å²) in [5.41, 5.74) is 0. The van der Waals surface area contributed by atoms with Crippen molar-refractivity contribution in [3.63, 3.8) is 0 Å². The standard InChI is InChI=1S/C36H61N3O12/c1-2-17-26(40)20-21-27(34(46)47)38-31(42)25-23-29(36(50)51)39-32(43)24-22-28(35(48)49)37-30(41)18-15-13-11-9-7-5-3-4-6-8-10-12-14-16-19-33(44)45/h27-29H,2-25H2,1H3,(H,37,41)(H,38,42)(H,39,43)(H,44,45)(H,46,47)(H,48,49)(H,50,51)/t27-,28-,29-/m0/s1. The number of amides is 3. The van der Waals surface area contributed by atoms with Gasteiger partial charge in [-0.05, 0) is 38.5 Å². The van der Waals surface area contributed by atoms with Crippen LogP contribution in [0.25, 0.3) is 0 Å². The molecule has 0 spiro atoms. The van der Waals surface area contributed by atoms with Gasteiger partial charge in [-0.15, -0.1) is 0 Å². The van der Waals surface area contributed by atoms with Gasteiger partial charge < -0.3 is 36.4 Å². The lowest BCUT2D eigenvalue weighted by Crippen LogP contribution is -2.45. The Morgan fingerprint density at radius 2 is 0.686 bits per heavy atom. The quantitative estimate of drug-likeness (QED) is 0.0444. The van der Waals surface area contributed by atoms with Crippen molar-refractivity contribution in [2.24, 2.45) is 0 Å². The highest BCUT2D eigenvalue weighted by Crippen LogP contribution is 2.14. The molecule has 7 N–H and O–H groups in total. The SMILES string of the molecule is CCCC(=O)CC[C@H](NC(=O)CC[C@H](NC(=O)CC[C@H](NC(=O)CCCCCCCCCCCCCCCCC(=O)O)C(=O)O)C(=O)O)C(=O)O. The summed E-state index contributed by atoms with van der Waals surface area (Å²) in [6.07, 6.45) is 14.2. The van der Waals surface area contributed by atoms with Crippen LogP contribution in [-0.4, -0.2) is 85.9 Å². The molecule has 292 valence electrons. The summed E-state index contributed by atoms with van der Waals surface area (Å²) in [5, 5.41) is 43.9. The summed E-state index contributed by atoms with van der Waals surface area (Å²) in [4.78, 5) is 94.0. The second-order valence-electron chi connectivity index (χ2n) is 13.1. The van der Waals surface area contributed by atoms with Crippen LogP contribution in [0.3, 0.4) is 0 Å². The van der Waals surface area contributed by atoms with Gasteiger partial charge in [0.2, 0.25) is 17.7 Å². The molecule has 0 fully saturated rings. The number of unbranched alkanes of at least 4 members (excludes halogenated alkanes) is 13. The smallest absolute Gasteiger partial charge is 0.326 e. The van der Waals surface area contributed by atoms with Crippen LogP contribution in [0.15, 0.2) is 0 Å². The summed E-state index contributed by atoms with van der Waals surface area (Å²) < 4.78 is 0. The minimum Gasteiger partial charge on any atom is -0.481 e. The lowest BCUT2D eigenvalue weighted by molar-refractivity contribution is -0.144. The molecule has 0 saturated carbocycles. The lowest BCUT2D eigenvalue weighted by atomic mass is 10.0. The average Bonchev–Trinajstić information content (AvgIpc) is 3.06. The molecule has 0 aromatic rings. The minimum atomic E-state index is -1.49. The van der Waals surface area contributed by atoms with Crippen LogP contribution in [-0.2, 0) is 38.4 Å². The highest BCUT2D eigenvalue weighted by molar-refractivity contribution is 5.87. The Kier molecular flexibility index (Phi) is 27.3. The third kappa shape index (κ3) is 27.4. The average molecular weight is 728 g/mol. The van der Waals surface area contributed by atoms with Gasteiger partial charge in [-0.1, -0.05) is 84.0 Å². The molecule has 51 heavy (non-hydrogen) atoms. The Bertz CT molecular complexity index is 1100. The van der Waals surface area contributed by atoms with Crippen molar-refractivity contribution in [2.45, 2.75) is 179 Å². The molecule has 0 bridgehead atoms. The number of carbonyl (C=O) groups is 8. The van der Waals surface area contributed by atoms with Gasteiger partial charge in [0.25, 0.3) is 0 Å². The zero-order chi connectivity index (χ0) is 38.4. The number of ketones is 1. The topological polar surface area (TPSA) is 254 Å². The molecule has 0 aromatic carbocycles. The maximum atomic E-state index is 12.4. The van der Waals surface area contributed by atoms with E-state index in [4.69, 9.17) is 5.11 Å². The first kappa shape index (κ1) is 47.0. The molecule has 0 aliphatic heterocycles. The first-order valence-electron chi connectivity index (χ1n) is 18.6. The second kappa shape index (κ2) is 29.7. The van der Waals surface area contributed by atoms with E-state index in [0.29, 0.717) is 19.3 Å². The van der Waals surface area contributed by atoms with Crippen molar-refractivity contribution in [1.82, 2.24) is 16.0 Å². The normalized spacial score (nSPS) is 12.6. The van der Waals surface area contributed by atoms with Crippen molar-refractivity contribution in [1.29, 1.82) is 0 Å². The molecule has 0 rings (SSSR count). The monoisotopic (exact) mass is 727 g/mol. The fourth-order valence-corrected chi connectivity index (χ4v) is 5.51. The number of aliphatic carboxylic acids is 4. The van der Waals surface area contributed by atoms with Crippen LogP contribution in [0.1, 0.15) is 161 Å². The number of Topliss-reactive ketones (excluding diaryl/α,β-unsaturated/α-hetero) is 1. The van der Waals surface area contributed by atoms with E-state index in [2.05, 4.69) is 16.0 Å². The van der Waals surface area contributed by atoms with E-state index in [9.17, 15) is 53.7 Å². The van der Waals surface area contributed by atoms with Crippen molar-refractivity contribution in [2.75, 3.05) is 0 Å². The summed E-state index contributed by atoms with van der Waals surface area (Å²) in [6.45, 7) is 1.81. The molecule has 15 heteroatoms. The van der Waals surface area contributed by atoms with Crippen LogP contribution >= 0.6 is 0 Å². The molecular weight excluding hydrogens is 666 g/mol. The molecule has 0 aliphatic carbocycles. The van der Waals surface area contributed by atoms with Gasteiger partial charge in [-0.2, -0.15) is 0 Å². The Morgan fingerprint density at radius 3 is 1.00 bits per heavy atom. The largest absolute Gasteiger partial charge is 0.481 e. The molecule has 15 nitrogen and oxygen atoms in total. The van der Waals surface area contributed by atoms with Crippen LogP contribution < -0.4 is 16.0 Å². The van der Waals surface area contributed by atoms with Crippen LogP contribution in [0.5, 0.6) is 0 Å². The van der Waals surface area contributed by atoms with E-state index in [1.807, 2.05) is 6.92 Å². The van der Waals surface area contributed by atoms with E-state index < -0.39 is 72.6 Å². The molecule has 0 saturated heterocycles. The number of carboxylic acids is 4. The van der Waals surface area contributed by atoms with Gasteiger partial charge in [-0.25, -0.2) is 14.4 Å². The second-order valence-corrected chi connectivity index (χ2v) is 13.1. The molecule has 0 radical (unpaired) electrons. The van der Waals surface area contributed by atoms with Crippen LogP contribution in [0, 0.1) is 0 Å². The summed E-state index contributed by atoms with van der Waals surface area (Å²) in [6, 6.07) is -4.15. The molecule has 3 atom stereocenters. The predicted molar refractivity (Wildman–Crippen MR) is 188 cm³/mol. The number of nitrogens with one attached hydrogen (secondary N) is 3. The number of hydrogen-bond donors (Lipinski definition) is 7. The van der Waals surface area contributed by atoms with Gasteiger partial charge in [0.1, 0.15) is 23.9 Å². The molecular formula is C36H61N3O12. The molecule has 0 aliphatic rings. The summed E-state index contributed by atoms with van der Waals surface area (Å²) >= 11 is 0. The van der Waals surface area contributed by atoms with Crippen LogP contribution in [0.2, 0.25) is 0 Å². The number of carbonyl (C=O) groups excluding carboxylic acids is 4. The van der Waals surface area contributed by atoms with E-state index in [0.717, 1.165) is 57.8 Å².